The lowest BCUT2D eigenvalue weighted by Gasteiger charge is -2.18. The number of amides is 2. The Labute approximate surface area is 177 Å². The molecular formula is C22H26N2O5S. The minimum atomic E-state index is -3.45. The molecule has 0 radical (unpaired) electrons. The summed E-state index contributed by atoms with van der Waals surface area (Å²) in [7, 11) is -2.01. The number of hydrogen-bond acceptors (Lipinski definition) is 5. The number of nitrogens with zero attached hydrogens (tertiary/aromatic N) is 1. The average Bonchev–Trinajstić information content (AvgIpc) is 3.28. The molecule has 0 spiro atoms. The van der Waals surface area contributed by atoms with Crippen molar-refractivity contribution in [1.82, 2.24) is 4.90 Å². The second-order valence-corrected chi connectivity index (χ2v) is 9.38. The third-order valence-electron chi connectivity index (χ3n) is 5.24. The minimum absolute atomic E-state index is 0.0216. The van der Waals surface area contributed by atoms with Crippen molar-refractivity contribution in [2.24, 2.45) is 0 Å². The summed E-state index contributed by atoms with van der Waals surface area (Å²) >= 11 is 0. The van der Waals surface area contributed by atoms with Gasteiger partial charge in [0, 0.05) is 37.0 Å². The Balaban J connectivity index is 1.74. The Bertz CT molecular complexity index is 1030. The Kier molecular flexibility index (Phi) is 6.89. The van der Waals surface area contributed by atoms with Gasteiger partial charge in [-0.05, 0) is 61.7 Å². The smallest absolute Gasteiger partial charge is 0.255 e. The van der Waals surface area contributed by atoms with Gasteiger partial charge in [-0.2, -0.15) is 0 Å². The van der Waals surface area contributed by atoms with Crippen molar-refractivity contribution in [1.29, 1.82) is 0 Å². The molecule has 0 aliphatic carbocycles. The maximum atomic E-state index is 12.7. The molecule has 0 unspecified atom stereocenters. The molecule has 0 saturated carbocycles. The van der Waals surface area contributed by atoms with E-state index in [0.29, 0.717) is 22.4 Å². The van der Waals surface area contributed by atoms with Crippen molar-refractivity contribution < 1.29 is 22.7 Å². The summed E-state index contributed by atoms with van der Waals surface area (Å²) < 4.78 is 29.2. The topological polar surface area (TPSA) is 92.8 Å². The largest absolute Gasteiger partial charge is 0.384 e. The number of nitrogens with one attached hydrogen (secondary N) is 1. The highest BCUT2D eigenvalue weighted by Gasteiger charge is 2.22. The summed E-state index contributed by atoms with van der Waals surface area (Å²) in [5.74, 6) is -0.511. The van der Waals surface area contributed by atoms with Crippen LogP contribution in [0.2, 0.25) is 0 Å². The molecule has 0 atom stereocenters. The molecule has 7 nitrogen and oxygen atoms in total. The number of likely N-dealkylation sites (tertiary alicyclic amines) is 1. The quantitative estimate of drug-likeness (QED) is 0.729. The fourth-order valence-corrected chi connectivity index (χ4v) is 4.58. The molecule has 1 N–H and O–H groups in total. The molecule has 2 aromatic rings. The van der Waals surface area contributed by atoms with Crippen molar-refractivity contribution in [3.8, 4) is 0 Å². The van der Waals surface area contributed by atoms with Gasteiger partial charge in [-0.1, -0.05) is 6.07 Å². The first-order valence-electron chi connectivity index (χ1n) is 9.85. The highest BCUT2D eigenvalue weighted by atomic mass is 32.2. The lowest BCUT2D eigenvalue weighted by Crippen LogP contribution is -2.28. The van der Waals surface area contributed by atoms with Crippen molar-refractivity contribution in [2.45, 2.75) is 24.7 Å². The van der Waals surface area contributed by atoms with Gasteiger partial charge in [0.25, 0.3) is 11.8 Å². The van der Waals surface area contributed by atoms with E-state index in [1.165, 1.54) is 31.4 Å². The van der Waals surface area contributed by atoms with E-state index < -0.39 is 9.84 Å². The van der Waals surface area contributed by atoms with Gasteiger partial charge in [0.15, 0.2) is 9.84 Å². The molecule has 1 heterocycles. The summed E-state index contributed by atoms with van der Waals surface area (Å²) in [5.41, 5.74) is 2.18. The Morgan fingerprint density at radius 2 is 1.73 bits per heavy atom. The third-order valence-corrected chi connectivity index (χ3v) is 6.93. The first-order chi connectivity index (χ1) is 14.3. The van der Waals surface area contributed by atoms with Crippen LogP contribution in [0.5, 0.6) is 0 Å². The number of benzene rings is 2. The van der Waals surface area contributed by atoms with Crippen molar-refractivity contribution in [3.63, 3.8) is 0 Å². The number of sulfone groups is 1. The lowest BCUT2D eigenvalue weighted by atomic mass is 10.0. The van der Waals surface area contributed by atoms with Crippen molar-refractivity contribution in [2.75, 3.05) is 37.9 Å². The van der Waals surface area contributed by atoms with Gasteiger partial charge in [-0.25, -0.2) is 8.42 Å². The van der Waals surface area contributed by atoms with Crippen LogP contribution in [0.3, 0.4) is 0 Å². The molecular weight excluding hydrogens is 404 g/mol. The molecule has 30 heavy (non-hydrogen) atoms. The zero-order valence-corrected chi connectivity index (χ0v) is 18.0. The number of methoxy groups -OCH3 is 1. The summed E-state index contributed by atoms with van der Waals surface area (Å²) in [6, 6.07) is 11.0. The second kappa shape index (κ2) is 9.40. The van der Waals surface area contributed by atoms with Gasteiger partial charge in [-0.15, -0.1) is 0 Å². The first-order valence-corrected chi connectivity index (χ1v) is 11.5. The second-order valence-electron chi connectivity index (χ2n) is 7.27. The number of hydrogen-bond donors (Lipinski definition) is 1. The molecule has 0 aromatic heterocycles. The summed E-state index contributed by atoms with van der Waals surface area (Å²) in [6.07, 6.45) is 2.02. The molecule has 3 rings (SSSR count). The molecule has 2 amide bonds. The van der Waals surface area contributed by atoms with Crippen LogP contribution in [0, 0.1) is 6.92 Å². The van der Waals surface area contributed by atoms with Crippen LogP contribution in [-0.4, -0.2) is 57.7 Å². The molecule has 2 aromatic carbocycles. The Hall–Kier alpha value is -2.71. The SMILES string of the molecule is COCCS(=O)(=O)c1ccc(C(=O)Nc2cccc(C(=O)N3CCCC3)c2C)cc1. The van der Waals surface area contributed by atoms with Gasteiger partial charge in [-0.3, -0.25) is 9.59 Å². The first kappa shape index (κ1) is 22.0. The zero-order chi connectivity index (χ0) is 21.7. The van der Waals surface area contributed by atoms with Gasteiger partial charge in [0.2, 0.25) is 0 Å². The van der Waals surface area contributed by atoms with Crippen LogP contribution in [0.1, 0.15) is 39.1 Å². The predicted molar refractivity (Wildman–Crippen MR) is 115 cm³/mol. The van der Waals surface area contributed by atoms with Crippen LogP contribution in [0.25, 0.3) is 0 Å². The maximum absolute atomic E-state index is 12.7. The van der Waals surface area contributed by atoms with E-state index in [0.717, 1.165) is 25.9 Å². The number of ether oxygens (including phenoxy) is 1. The zero-order valence-electron chi connectivity index (χ0n) is 17.2. The number of anilines is 1. The van der Waals surface area contributed by atoms with Crippen LogP contribution in [0.15, 0.2) is 47.4 Å². The van der Waals surface area contributed by atoms with E-state index in [2.05, 4.69) is 5.32 Å². The summed E-state index contributed by atoms with van der Waals surface area (Å²) in [6.45, 7) is 3.43. The fourth-order valence-electron chi connectivity index (χ4n) is 3.41. The standard InChI is InChI=1S/C22H26N2O5S/c1-16-19(22(26)24-12-3-4-13-24)6-5-7-20(16)23-21(25)17-8-10-18(11-9-17)30(27,28)15-14-29-2/h5-11H,3-4,12-15H2,1-2H3,(H,23,25). The van der Waals surface area contributed by atoms with Crippen LogP contribution >= 0.6 is 0 Å². The van der Waals surface area contributed by atoms with Crippen LogP contribution in [-0.2, 0) is 14.6 Å². The van der Waals surface area contributed by atoms with Gasteiger partial charge in [0.1, 0.15) is 0 Å². The Morgan fingerprint density at radius 1 is 1.07 bits per heavy atom. The highest BCUT2D eigenvalue weighted by Crippen LogP contribution is 2.23. The van der Waals surface area contributed by atoms with E-state index in [-0.39, 0.29) is 29.1 Å². The third kappa shape index (κ3) is 4.88. The van der Waals surface area contributed by atoms with Crippen LogP contribution < -0.4 is 5.32 Å². The maximum Gasteiger partial charge on any atom is 0.255 e. The normalized spacial score (nSPS) is 14.0. The highest BCUT2D eigenvalue weighted by molar-refractivity contribution is 7.91. The fraction of sp³-hybridized carbons (Fsp3) is 0.364. The molecule has 8 heteroatoms. The lowest BCUT2D eigenvalue weighted by molar-refractivity contribution is 0.0791. The van der Waals surface area contributed by atoms with Gasteiger partial charge >= 0.3 is 0 Å². The summed E-state index contributed by atoms with van der Waals surface area (Å²) in [5, 5.41) is 2.83. The molecule has 1 aliphatic heterocycles. The average molecular weight is 431 g/mol. The number of rotatable bonds is 7. The van der Waals surface area contributed by atoms with Crippen LogP contribution in [0.4, 0.5) is 5.69 Å². The minimum Gasteiger partial charge on any atom is -0.384 e. The monoisotopic (exact) mass is 430 g/mol. The predicted octanol–water partition coefficient (Wildman–Crippen LogP) is 2.90. The Morgan fingerprint density at radius 3 is 2.37 bits per heavy atom. The van der Waals surface area contributed by atoms with E-state index >= 15 is 0 Å². The molecule has 0 bridgehead atoms. The molecule has 160 valence electrons. The van der Waals surface area contributed by atoms with Gasteiger partial charge in [0.05, 0.1) is 17.3 Å². The molecule has 1 fully saturated rings. The van der Waals surface area contributed by atoms with E-state index in [4.69, 9.17) is 4.74 Å². The van der Waals surface area contributed by atoms with Crippen molar-refractivity contribution in [3.05, 3.63) is 59.2 Å². The van der Waals surface area contributed by atoms with E-state index in [9.17, 15) is 18.0 Å². The summed E-state index contributed by atoms with van der Waals surface area (Å²) in [4.78, 5) is 27.4. The van der Waals surface area contributed by atoms with Gasteiger partial charge < -0.3 is 15.0 Å². The molecule has 1 aliphatic rings. The number of carbonyl (C=O) groups excluding carboxylic acids is 2. The van der Waals surface area contributed by atoms with E-state index in [1.54, 1.807) is 18.2 Å². The number of carbonyl (C=O) groups is 2. The van der Waals surface area contributed by atoms with E-state index in [1.807, 2.05) is 11.8 Å². The van der Waals surface area contributed by atoms with Crippen molar-refractivity contribution >= 4 is 27.3 Å². The molecule has 1 saturated heterocycles.